The molecule has 0 N–H and O–H groups in total. The lowest BCUT2D eigenvalue weighted by molar-refractivity contribution is -0.113. The van der Waals surface area contributed by atoms with Crippen LogP contribution in [0.5, 0.6) is 17.2 Å². The molecule has 1 heterocycles. The first-order chi connectivity index (χ1) is 14.1. The van der Waals surface area contributed by atoms with Gasteiger partial charge in [0.15, 0.2) is 11.5 Å². The second-order valence-electron chi connectivity index (χ2n) is 5.93. The number of methoxy groups -OCH3 is 1. The molecule has 0 radical (unpaired) electrons. The van der Waals surface area contributed by atoms with Gasteiger partial charge in [0.1, 0.15) is 12.4 Å². The SMILES string of the molecule is C=CCOc1ccc(C=C2SC(=O)N(c3ccccc3OC)C2=O)cc1OCC. The van der Waals surface area contributed by atoms with Crippen molar-refractivity contribution >= 4 is 34.7 Å². The predicted octanol–water partition coefficient (Wildman–Crippen LogP) is 4.90. The summed E-state index contributed by atoms with van der Waals surface area (Å²) in [6, 6.07) is 12.3. The average Bonchev–Trinajstić information content (AvgIpc) is 3.00. The lowest BCUT2D eigenvalue weighted by Gasteiger charge is -2.15. The molecule has 1 saturated heterocycles. The van der Waals surface area contributed by atoms with Crippen LogP contribution in [0.15, 0.2) is 60.0 Å². The summed E-state index contributed by atoms with van der Waals surface area (Å²) < 4.78 is 16.5. The summed E-state index contributed by atoms with van der Waals surface area (Å²) >= 11 is 0.886. The van der Waals surface area contributed by atoms with E-state index in [4.69, 9.17) is 14.2 Å². The number of hydrogen-bond donors (Lipinski definition) is 0. The Hall–Kier alpha value is -3.19. The van der Waals surface area contributed by atoms with E-state index in [2.05, 4.69) is 6.58 Å². The fourth-order valence-corrected chi connectivity index (χ4v) is 3.63. The zero-order valence-corrected chi connectivity index (χ0v) is 17.0. The number of para-hydroxylation sites is 2. The van der Waals surface area contributed by atoms with Crippen LogP contribution >= 0.6 is 11.8 Å². The standard InChI is InChI=1S/C22H21NO5S/c1-4-12-28-18-11-10-15(13-19(18)27-5-2)14-20-21(24)23(22(25)29-20)16-8-6-7-9-17(16)26-3/h4,6-11,13-14H,1,5,12H2,2-3H3. The summed E-state index contributed by atoms with van der Waals surface area (Å²) in [5.74, 6) is 1.21. The van der Waals surface area contributed by atoms with Gasteiger partial charge < -0.3 is 14.2 Å². The summed E-state index contributed by atoms with van der Waals surface area (Å²) in [4.78, 5) is 26.9. The molecule has 6 nitrogen and oxygen atoms in total. The third kappa shape index (κ3) is 4.46. The van der Waals surface area contributed by atoms with Gasteiger partial charge in [0.25, 0.3) is 11.1 Å². The maximum Gasteiger partial charge on any atom is 0.298 e. The van der Waals surface area contributed by atoms with Crippen LogP contribution in [0.1, 0.15) is 12.5 Å². The normalized spacial score (nSPS) is 15.0. The number of benzene rings is 2. The van der Waals surface area contributed by atoms with Gasteiger partial charge in [-0.05, 0) is 54.6 Å². The number of amides is 2. The molecule has 1 aliphatic rings. The molecule has 29 heavy (non-hydrogen) atoms. The molecular weight excluding hydrogens is 390 g/mol. The van der Waals surface area contributed by atoms with Crippen molar-refractivity contribution < 1.29 is 23.8 Å². The number of carbonyl (C=O) groups excluding carboxylic acids is 2. The molecular formula is C22H21NO5S. The Bertz CT molecular complexity index is 969. The maximum absolute atomic E-state index is 12.9. The van der Waals surface area contributed by atoms with Crippen molar-refractivity contribution in [2.75, 3.05) is 25.2 Å². The number of rotatable bonds is 8. The number of anilines is 1. The van der Waals surface area contributed by atoms with Gasteiger partial charge in [-0.2, -0.15) is 0 Å². The zero-order chi connectivity index (χ0) is 20.8. The molecule has 2 aromatic rings. The Balaban J connectivity index is 1.91. The van der Waals surface area contributed by atoms with Gasteiger partial charge in [0.2, 0.25) is 0 Å². The molecule has 0 unspecified atom stereocenters. The van der Waals surface area contributed by atoms with Crippen LogP contribution in [0.4, 0.5) is 10.5 Å². The monoisotopic (exact) mass is 411 g/mol. The Labute approximate surface area is 173 Å². The van der Waals surface area contributed by atoms with Crippen molar-refractivity contribution in [2.45, 2.75) is 6.92 Å². The van der Waals surface area contributed by atoms with Crippen LogP contribution in [0.25, 0.3) is 6.08 Å². The number of hydrogen-bond acceptors (Lipinski definition) is 6. The lowest BCUT2D eigenvalue weighted by Crippen LogP contribution is -2.28. The fraction of sp³-hybridized carbons (Fsp3) is 0.182. The van der Waals surface area contributed by atoms with Crippen LogP contribution in [-0.4, -0.2) is 31.5 Å². The number of carbonyl (C=O) groups is 2. The van der Waals surface area contributed by atoms with Gasteiger partial charge in [-0.1, -0.05) is 30.9 Å². The zero-order valence-electron chi connectivity index (χ0n) is 16.2. The van der Waals surface area contributed by atoms with Crippen molar-refractivity contribution in [1.82, 2.24) is 0 Å². The van der Waals surface area contributed by atoms with Crippen LogP contribution in [0.3, 0.4) is 0 Å². The Morgan fingerprint density at radius 3 is 2.59 bits per heavy atom. The van der Waals surface area contributed by atoms with Crippen LogP contribution in [0.2, 0.25) is 0 Å². The predicted molar refractivity (Wildman–Crippen MR) is 115 cm³/mol. The van der Waals surface area contributed by atoms with Crippen molar-refractivity contribution in [2.24, 2.45) is 0 Å². The third-order valence-electron chi connectivity index (χ3n) is 4.04. The van der Waals surface area contributed by atoms with Gasteiger partial charge in [0.05, 0.1) is 24.3 Å². The Morgan fingerprint density at radius 1 is 1.07 bits per heavy atom. The number of nitrogens with zero attached hydrogens (tertiary/aromatic N) is 1. The molecule has 0 aromatic heterocycles. The summed E-state index contributed by atoms with van der Waals surface area (Å²) in [5, 5.41) is -0.373. The molecule has 0 saturated carbocycles. The Kier molecular flexibility index (Phi) is 6.61. The summed E-state index contributed by atoms with van der Waals surface area (Å²) in [6.45, 7) is 6.34. The second-order valence-corrected chi connectivity index (χ2v) is 6.92. The number of ether oxygens (including phenoxy) is 3. The molecule has 3 rings (SSSR count). The third-order valence-corrected chi connectivity index (χ3v) is 4.91. The molecule has 150 valence electrons. The van der Waals surface area contributed by atoms with E-state index in [1.165, 1.54) is 7.11 Å². The highest BCUT2D eigenvalue weighted by molar-refractivity contribution is 8.19. The first-order valence-electron chi connectivity index (χ1n) is 9.00. The molecule has 0 atom stereocenters. The van der Waals surface area contributed by atoms with Crippen LogP contribution in [0, 0.1) is 0 Å². The molecule has 0 spiro atoms. The lowest BCUT2D eigenvalue weighted by atomic mass is 10.1. The molecule has 1 fully saturated rings. The van der Waals surface area contributed by atoms with Gasteiger partial charge in [-0.3, -0.25) is 9.59 Å². The summed E-state index contributed by atoms with van der Waals surface area (Å²) in [7, 11) is 1.50. The van der Waals surface area contributed by atoms with E-state index >= 15 is 0 Å². The highest BCUT2D eigenvalue weighted by Crippen LogP contribution is 2.40. The molecule has 0 bridgehead atoms. The van der Waals surface area contributed by atoms with Crippen LogP contribution in [-0.2, 0) is 4.79 Å². The highest BCUT2D eigenvalue weighted by atomic mass is 32.2. The van der Waals surface area contributed by atoms with E-state index in [9.17, 15) is 9.59 Å². The molecule has 7 heteroatoms. The van der Waals surface area contributed by atoms with Crippen LogP contribution < -0.4 is 19.1 Å². The molecule has 2 amide bonds. The maximum atomic E-state index is 12.9. The quantitative estimate of drug-likeness (QED) is 0.455. The molecule has 0 aliphatic carbocycles. The second kappa shape index (κ2) is 9.34. The summed E-state index contributed by atoms with van der Waals surface area (Å²) in [6.07, 6.45) is 3.32. The minimum atomic E-state index is -0.394. The van der Waals surface area contributed by atoms with E-state index in [1.54, 1.807) is 54.6 Å². The van der Waals surface area contributed by atoms with Crippen molar-refractivity contribution in [3.05, 3.63) is 65.6 Å². The van der Waals surface area contributed by atoms with E-state index in [-0.39, 0.29) is 5.24 Å². The largest absolute Gasteiger partial charge is 0.495 e. The first-order valence-corrected chi connectivity index (χ1v) is 9.82. The van der Waals surface area contributed by atoms with E-state index < -0.39 is 5.91 Å². The van der Waals surface area contributed by atoms with E-state index in [1.807, 2.05) is 6.92 Å². The minimum absolute atomic E-state index is 0.322. The van der Waals surface area contributed by atoms with Gasteiger partial charge >= 0.3 is 0 Å². The topological polar surface area (TPSA) is 65.1 Å². The van der Waals surface area contributed by atoms with E-state index in [0.717, 1.165) is 22.2 Å². The molecule has 2 aromatic carbocycles. The van der Waals surface area contributed by atoms with E-state index in [0.29, 0.717) is 41.1 Å². The highest BCUT2D eigenvalue weighted by Gasteiger charge is 2.37. The number of imide groups is 1. The summed E-state index contributed by atoms with van der Waals surface area (Å²) in [5.41, 5.74) is 1.15. The number of thioether (sulfide) groups is 1. The average molecular weight is 411 g/mol. The van der Waals surface area contributed by atoms with Gasteiger partial charge in [-0.25, -0.2) is 4.90 Å². The minimum Gasteiger partial charge on any atom is -0.495 e. The molecule has 1 aliphatic heterocycles. The van der Waals surface area contributed by atoms with Gasteiger partial charge in [0, 0.05) is 0 Å². The van der Waals surface area contributed by atoms with Gasteiger partial charge in [-0.15, -0.1) is 0 Å². The van der Waals surface area contributed by atoms with Crippen molar-refractivity contribution in [1.29, 1.82) is 0 Å². The first kappa shape index (κ1) is 20.5. The fourth-order valence-electron chi connectivity index (χ4n) is 2.79. The van der Waals surface area contributed by atoms with Crippen molar-refractivity contribution in [3.8, 4) is 17.2 Å². The van der Waals surface area contributed by atoms with Crippen molar-refractivity contribution in [3.63, 3.8) is 0 Å². The Morgan fingerprint density at radius 2 is 1.86 bits per heavy atom. The smallest absolute Gasteiger partial charge is 0.298 e.